The van der Waals surface area contributed by atoms with Crippen molar-refractivity contribution < 1.29 is 23.5 Å². The monoisotopic (exact) mass is 418 g/mol. The summed E-state index contributed by atoms with van der Waals surface area (Å²) in [6.07, 6.45) is 3.22. The molecule has 2 heterocycles. The number of esters is 1. The number of halogens is 1. The van der Waals surface area contributed by atoms with Gasteiger partial charge in [-0.1, -0.05) is 0 Å². The summed E-state index contributed by atoms with van der Waals surface area (Å²) in [4.78, 5) is 41.5. The smallest absolute Gasteiger partial charge is 0.309 e. The first-order chi connectivity index (χ1) is 14.3. The van der Waals surface area contributed by atoms with Gasteiger partial charge in [0.1, 0.15) is 5.82 Å². The van der Waals surface area contributed by atoms with E-state index in [9.17, 15) is 18.8 Å². The third kappa shape index (κ3) is 4.99. The van der Waals surface area contributed by atoms with Gasteiger partial charge in [-0.05, 0) is 77.1 Å². The number of rotatable bonds is 4. The van der Waals surface area contributed by atoms with Crippen LogP contribution in [0.15, 0.2) is 24.3 Å². The van der Waals surface area contributed by atoms with Crippen molar-refractivity contribution in [3.8, 4) is 0 Å². The fourth-order valence-electron chi connectivity index (χ4n) is 4.48. The maximum Gasteiger partial charge on any atom is 0.309 e. The van der Waals surface area contributed by atoms with Crippen LogP contribution in [0.2, 0.25) is 0 Å². The van der Waals surface area contributed by atoms with Crippen LogP contribution in [0, 0.1) is 11.7 Å². The molecule has 0 aliphatic carbocycles. The van der Waals surface area contributed by atoms with Gasteiger partial charge in [0, 0.05) is 30.7 Å². The maximum atomic E-state index is 13.1. The summed E-state index contributed by atoms with van der Waals surface area (Å²) in [6, 6.07) is 5.77. The number of carbonyl (C=O) groups is 3. The first-order valence-corrected chi connectivity index (χ1v) is 10.9. The molecule has 2 amide bonds. The summed E-state index contributed by atoms with van der Waals surface area (Å²) in [5.41, 5.74) is 0.432. The minimum Gasteiger partial charge on any atom is -0.452 e. The number of piperidine rings is 2. The second kappa shape index (κ2) is 9.58. The van der Waals surface area contributed by atoms with Crippen LogP contribution in [0.25, 0.3) is 0 Å². The van der Waals surface area contributed by atoms with E-state index in [0.717, 1.165) is 19.3 Å². The van der Waals surface area contributed by atoms with Crippen molar-refractivity contribution in [3.63, 3.8) is 0 Å². The normalized spacial score (nSPS) is 23.7. The van der Waals surface area contributed by atoms with Crippen LogP contribution in [-0.4, -0.2) is 58.9 Å². The van der Waals surface area contributed by atoms with Gasteiger partial charge in [-0.2, -0.15) is 0 Å². The average Bonchev–Trinajstić information content (AvgIpc) is 2.73. The highest BCUT2D eigenvalue weighted by Gasteiger charge is 2.35. The Balaban J connectivity index is 1.50. The molecular weight excluding hydrogens is 387 g/mol. The molecule has 0 saturated carbocycles. The van der Waals surface area contributed by atoms with Gasteiger partial charge in [0.15, 0.2) is 6.10 Å². The zero-order valence-electron chi connectivity index (χ0n) is 18.0. The SMILES string of the molecule is C[C@@H]1CCC[C@@H](C)N1C(=O)[C@@H](C)OC(=O)C1CCN(C(=O)c2ccc(F)cc2)CC1. The molecule has 2 aliphatic rings. The highest BCUT2D eigenvalue weighted by atomic mass is 19.1. The predicted molar refractivity (Wildman–Crippen MR) is 110 cm³/mol. The molecule has 30 heavy (non-hydrogen) atoms. The standard InChI is InChI=1S/C23H31FN2O4/c1-15-5-4-6-16(2)26(15)21(27)17(3)30-23(29)19-11-13-25(14-12-19)22(28)18-7-9-20(24)10-8-18/h7-10,15-17,19H,4-6,11-14H2,1-3H3/t15-,16-,17-/m1/s1. The lowest BCUT2D eigenvalue weighted by molar-refractivity contribution is -0.166. The quantitative estimate of drug-likeness (QED) is 0.703. The van der Waals surface area contributed by atoms with Crippen molar-refractivity contribution in [1.82, 2.24) is 9.80 Å². The molecule has 0 bridgehead atoms. The summed E-state index contributed by atoms with van der Waals surface area (Å²) in [5, 5.41) is 0. The number of hydrogen-bond acceptors (Lipinski definition) is 4. The minimum atomic E-state index is -0.806. The topological polar surface area (TPSA) is 66.9 Å². The molecule has 2 fully saturated rings. The molecule has 2 saturated heterocycles. The second-order valence-electron chi connectivity index (χ2n) is 8.53. The van der Waals surface area contributed by atoms with Crippen molar-refractivity contribution in [2.24, 2.45) is 5.92 Å². The van der Waals surface area contributed by atoms with Gasteiger partial charge in [0.05, 0.1) is 5.92 Å². The van der Waals surface area contributed by atoms with E-state index in [0.29, 0.717) is 31.5 Å². The number of likely N-dealkylation sites (tertiary alicyclic amines) is 2. The summed E-state index contributed by atoms with van der Waals surface area (Å²) < 4.78 is 18.6. The summed E-state index contributed by atoms with van der Waals surface area (Å²) in [5.74, 6) is -1.38. The first kappa shape index (κ1) is 22.2. The molecule has 7 heteroatoms. The lowest BCUT2D eigenvalue weighted by Crippen LogP contribution is -2.52. The van der Waals surface area contributed by atoms with E-state index in [2.05, 4.69) is 0 Å². The van der Waals surface area contributed by atoms with Crippen molar-refractivity contribution in [2.75, 3.05) is 13.1 Å². The van der Waals surface area contributed by atoms with E-state index in [1.54, 1.807) is 11.8 Å². The van der Waals surface area contributed by atoms with Gasteiger partial charge in [-0.25, -0.2) is 4.39 Å². The van der Waals surface area contributed by atoms with Crippen LogP contribution in [-0.2, 0) is 14.3 Å². The van der Waals surface area contributed by atoms with E-state index >= 15 is 0 Å². The molecule has 0 radical (unpaired) electrons. The molecule has 2 aliphatic heterocycles. The molecule has 3 atom stereocenters. The molecule has 1 aromatic carbocycles. The van der Waals surface area contributed by atoms with Crippen LogP contribution in [0.1, 0.15) is 63.2 Å². The molecule has 1 aromatic rings. The second-order valence-corrected chi connectivity index (χ2v) is 8.53. The van der Waals surface area contributed by atoms with Gasteiger partial charge in [-0.15, -0.1) is 0 Å². The number of ether oxygens (including phenoxy) is 1. The van der Waals surface area contributed by atoms with Crippen LogP contribution >= 0.6 is 0 Å². The minimum absolute atomic E-state index is 0.132. The van der Waals surface area contributed by atoms with Crippen molar-refractivity contribution >= 4 is 17.8 Å². The zero-order valence-corrected chi connectivity index (χ0v) is 18.0. The fraction of sp³-hybridized carbons (Fsp3) is 0.609. The largest absolute Gasteiger partial charge is 0.452 e. The third-order valence-corrected chi connectivity index (χ3v) is 6.30. The van der Waals surface area contributed by atoms with Gasteiger partial charge in [0.2, 0.25) is 0 Å². The van der Waals surface area contributed by atoms with Crippen LogP contribution < -0.4 is 0 Å². The third-order valence-electron chi connectivity index (χ3n) is 6.30. The highest BCUT2D eigenvalue weighted by Crippen LogP contribution is 2.25. The van der Waals surface area contributed by atoms with Crippen LogP contribution in [0.5, 0.6) is 0 Å². The Morgan fingerprint density at radius 3 is 2.13 bits per heavy atom. The van der Waals surface area contributed by atoms with Crippen molar-refractivity contribution in [3.05, 3.63) is 35.6 Å². The van der Waals surface area contributed by atoms with E-state index < -0.39 is 6.10 Å². The Morgan fingerprint density at radius 1 is 1.00 bits per heavy atom. The number of nitrogens with zero attached hydrogens (tertiary/aromatic N) is 2. The maximum absolute atomic E-state index is 13.1. The Morgan fingerprint density at radius 2 is 1.57 bits per heavy atom. The average molecular weight is 419 g/mol. The molecule has 0 unspecified atom stereocenters. The number of benzene rings is 1. The molecule has 0 spiro atoms. The molecule has 3 rings (SSSR count). The van der Waals surface area contributed by atoms with Crippen molar-refractivity contribution in [1.29, 1.82) is 0 Å². The van der Waals surface area contributed by atoms with Gasteiger partial charge in [-0.3, -0.25) is 14.4 Å². The van der Waals surface area contributed by atoms with Crippen LogP contribution in [0.4, 0.5) is 4.39 Å². The van der Waals surface area contributed by atoms with Gasteiger partial charge < -0.3 is 14.5 Å². The summed E-state index contributed by atoms with van der Waals surface area (Å²) in [7, 11) is 0. The van der Waals surface area contributed by atoms with E-state index in [1.165, 1.54) is 24.3 Å². The Labute approximate surface area is 177 Å². The molecule has 0 aromatic heterocycles. The van der Waals surface area contributed by atoms with Gasteiger partial charge >= 0.3 is 5.97 Å². The molecule has 0 N–H and O–H groups in total. The van der Waals surface area contributed by atoms with Gasteiger partial charge in [0.25, 0.3) is 11.8 Å². The highest BCUT2D eigenvalue weighted by molar-refractivity contribution is 5.94. The molecule has 164 valence electrons. The lowest BCUT2D eigenvalue weighted by atomic mass is 9.96. The molecule has 6 nitrogen and oxygen atoms in total. The predicted octanol–water partition coefficient (Wildman–Crippen LogP) is 3.40. The number of carbonyl (C=O) groups excluding carboxylic acids is 3. The Hall–Kier alpha value is -2.44. The zero-order chi connectivity index (χ0) is 21.8. The first-order valence-electron chi connectivity index (χ1n) is 10.9. The molecular formula is C23H31FN2O4. The fourth-order valence-corrected chi connectivity index (χ4v) is 4.48. The van der Waals surface area contributed by atoms with Crippen LogP contribution in [0.3, 0.4) is 0 Å². The summed E-state index contributed by atoms with van der Waals surface area (Å²) in [6.45, 7) is 6.57. The Kier molecular flexibility index (Phi) is 7.10. The number of amides is 2. The van der Waals surface area contributed by atoms with Crippen molar-refractivity contribution in [2.45, 2.75) is 71.1 Å². The lowest BCUT2D eigenvalue weighted by Gasteiger charge is -2.40. The Bertz CT molecular complexity index is 764. The van der Waals surface area contributed by atoms with E-state index in [4.69, 9.17) is 4.74 Å². The van der Waals surface area contributed by atoms with E-state index in [1.807, 2.05) is 18.7 Å². The van der Waals surface area contributed by atoms with E-state index in [-0.39, 0.29) is 41.6 Å². The number of hydrogen-bond donors (Lipinski definition) is 0. The summed E-state index contributed by atoms with van der Waals surface area (Å²) >= 11 is 0.